The standard InChI is InChI=1S/C16H22N2O3S/c1-10-5-6-22-14(10)8-17-15(19)18-9-16(4,20)13-7-11(2)21-12(13)3/h5-7,20H,8-9H2,1-4H3,(H2,17,18,19)/t16-/m1/s1. The number of carbonyl (C=O) groups is 1. The molecule has 0 aliphatic heterocycles. The maximum Gasteiger partial charge on any atom is 0.315 e. The number of hydrogen-bond donors (Lipinski definition) is 3. The first-order valence-corrected chi connectivity index (χ1v) is 8.02. The molecule has 0 spiro atoms. The quantitative estimate of drug-likeness (QED) is 0.792. The Hall–Kier alpha value is -1.79. The van der Waals surface area contributed by atoms with E-state index in [2.05, 4.69) is 10.6 Å². The molecule has 0 saturated carbocycles. The maximum absolute atomic E-state index is 11.9. The second kappa shape index (κ2) is 6.54. The third-order valence-corrected chi connectivity index (χ3v) is 4.62. The topological polar surface area (TPSA) is 74.5 Å². The molecule has 2 amide bonds. The Kier molecular flexibility index (Phi) is 4.93. The lowest BCUT2D eigenvalue weighted by Gasteiger charge is -2.23. The number of rotatable bonds is 5. The molecule has 2 heterocycles. The fraction of sp³-hybridized carbons (Fsp3) is 0.438. The van der Waals surface area contributed by atoms with Gasteiger partial charge in [-0.05, 0) is 50.8 Å². The summed E-state index contributed by atoms with van der Waals surface area (Å²) in [6.45, 7) is 7.91. The van der Waals surface area contributed by atoms with Crippen LogP contribution in [0.3, 0.4) is 0 Å². The predicted molar refractivity (Wildman–Crippen MR) is 87.0 cm³/mol. The van der Waals surface area contributed by atoms with Gasteiger partial charge in [-0.15, -0.1) is 11.3 Å². The van der Waals surface area contributed by atoms with Gasteiger partial charge in [0.15, 0.2) is 0 Å². The van der Waals surface area contributed by atoms with Crippen molar-refractivity contribution in [2.75, 3.05) is 6.54 Å². The number of hydrogen-bond acceptors (Lipinski definition) is 4. The van der Waals surface area contributed by atoms with Crippen LogP contribution in [-0.2, 0) is 12.1 Å². The minimum absolute atomic E-state index is 0.113. The van der Waals surface area contributed by atoms with E-state index in [4.69, 9.17) is 4.42 Å². The lowest BCUT2D eigenvalue weighted by molar-refractivity contribution is 0.0579. The van der Waals surface area contributed by atoms with Crippen LogP contribution in [0, 0.1) is 20.8 Å². The van der Waals surface area contributed by atoms with Crippen LogP contribution in [-0.4, -0.2) is 17.7 Å². The van der Waals surface area contributed by atoms with Gasteiger partial charge in [-0.25, -0.2) is 4.79 Å². The van der Waals surface area contributed by atoms with Crippen LogP contribution in [0.25, 0.3) is 0 Å². The molecule has 0 aliphatic carbocycles. The van der Waals surface area contributed by atoms with Crippen LogP contribution >= 0.6 is 11.3 Å². The molecule has 2 rings (SSSR count). The Balaban J connectivity index is 1.87. The highest BCUT2D eigenvalue weighted by Gasteiger charge is 2.28. The maximum atomic E-state index is 11.9. The number of nitrogens with one attached hydrogen (secondary N) is 2. The second-order valence-corrected chi connectivity index (χ2v) is 6.66. The summed E-state index contributed by atoms with van der Waals surface area (Å²) in [5.74, 6) is 1.41. The summed E-state index contributed by atoms with van der Waals surface area (Å²) in [6, 6.07) is 3.52. The van der Waals surface area contributed by atoms with Crippen molar-refractivity contribution in [3.63, 3.8) is 0 Å². The lowest BCUT2D eigenvalue weighted by Crippen LogP contribution is -2.43. The first-order valence-electron chi connectivity index (χ1n) is 7.14. The molecule has 0 bridgehead atoms. The highest BCUT2D eigenvalue weighted by atomic mass is 32.1. The van der Waals surface area contributed by atoms with E-state index < -0.39 is 5.60 Å². The monoisotopic (exact) mass is 322 g/mol. The van der Waals surface area contributed by atoms with Gasteiger partial charge in [0.2, 0.25) is 0 Å². The zero-order valence-corrected chi connectivity index (χ0v) is 14.1. The summed E-state index contributed by atoms with van der Waals surface area (Å²) in [4.78, 5) is 13.0. The van der Waals surface area contributed by atoms with Crippen LogP contribution in [0.15, 0.2) is 21.9 Å². The number of thiophene rings is 1. The van der Waals surface area contributed by atoms with Crippen molar-refractivity contribution in [3.8, 4) is 0 Å². The molecule has 2 aromatic heterocycles. The van der Waals surface area contributed by atoms with Gasteiger partial charge in [0.25, 0.3) is 0 Å². The Morgan fingerprint density at radius 3 is 2.64 bits per heavy atom. The van der Waals surface area contributed by atoms with E-state index in [1.54, 1.807) is 31.3 Å². The van der Waals surface area contributed by atoms with Crippen LogP contribution in [0.1, 0.15) is 34.4 Å². The van der Waals surface area contributed by atoms with Crippen molar-refractivity contribution in [2.24, 2.45) is 0 Å². The molecule has 6 heteroatoms. The predicted octanol–water partition coefficient (Wildman–Crippen LogP) is 2.97. The van der Waals surface area contributed by atoms with Gasteiger partial charge in [-0.2, -0.15) is 0 Å². The zero-order valence-electron chi connectivity index (χ0n) is 13.3. The summed E-state index contributed by atoms with van der Waals surface area (Å²) in [7, 11) is 0. The normalized spacial score (nSPS) is 13.7. The third-order valence-electron chi connectivity index (χ3n) is 3.59. The van der Waals surface area contributed by atoms with E-state index in [1.807, 2.05) is 25.3 Å². The third kappa shape index (κ3) is 3.90. The first-order chi connectivity index (χ1) is 10.3. The Labute approximate surface area is 134 Å². The minimum atomic E-state index is -1.17. The summed E-state index contributed by atoms with van der Waals surface area (Å²) in [5.41, 5.74) is 0.694. The molecule has 0 radical (unpaired) electrons. The second-order valence-electron chi connectivity index (χ2n) is 5.66. The Morgan fingerprint density at radius 1 is 1.36 bits per heavy atom. The number of aliphatic hydroxyl groups is 1. The van der Waals surface area contributed by atoms with Gasteiger partial charge in [0, 0.05) is 10.4 Å². The molecular formula is C16H22N2O3S. The molecule has 2 aromatic rings. The summed E-state index contributed by atoms with van der Waals surface area (Å²) < 4.78 is 5.43. The number of carbonyl (C=O) groups excluding carboxylic acids is 1. The van der Waals surface area contributed by atoms with Crippen molar-refractivity contribution in [1.82, 2.24) is 10.6 Å². The van der Waals surface area contributed by atoms with E-state index in [1.165, 1.54) is 5.56 Å². The van der Waals surface area contributed by atoms with Gasteiger partial charge >= 0.3 is 6.03 Å². The minimum Gasteiger partial charge on any atom is -0.466 e. The van der Waals surface area contributed by atoms with Crippen LogP contribution in [0.2, 0.25) is 0 Å². The SMILES string of the molecule is Cc1cc([C@](C)(O)CNC(=O)NCc2sccc2C)c(C)o1. The van der Waals surface area contributed by atoms with Gasteiger partial charge in [-0.3, -0.25) is 0 Å². The summed E-state index contributed by atoms with van der Waals surface area (Å²) in [6.07, 6.45) is 0. The molecule has 0 saturated heterocycles. The van der Waals surface area contributed by atoms with Gasteiger partial charge < -0.3 is 20.2 Å². The van der Waals surface area contributed by atoms with E-state index >= 15 is 0 Å². The fourth-order valence-electron chi connectivity index (χ4n) is 2.32. The molecule has 0 unspecified atom stereocenters. The van der Waals surface area contributed by atoms with E-state index in [0.717, 1.165) is 10.6 Å². The highest BCUT2D eigenvalue weighted by Crippen LogP contribution is 2.26. The number of amides is 2. The fourth-order valence-corrected chi connectivity index (χ4v) is 3.17. The van der Waals surface area contributed by atoms with E-state index in [-0.39, 0.29) is 12.6 Å². The number of urea groups is 1. The summed E-state index contributed by atoms with van der Waals surface area (Å²) >= 11 is 1.61. The van der Waals surface area contributed by atoms with Crippen molar-refractivity contribution in [1.29, 1.82) is 0 Å². The van der Waals surface area contributed by atoms with Gasteiger partial charge in [0.05, 0.1) is 13.1 Å². The smallest absolute Gasteiger partial charge is 0.315 e. The van der Waals surface area contributed by atoms with Crippen LogP contribution < -0.4 is 10.6 Å². The highest BCUT2D eigenvalue weighted by molar-refractivity contribution is 7.10. The lowest BCUT2D eigenvalue weighted by atomic mass is 9.96. The number of aryl methyl sites for hydroxylation is 3. The van der Waals surface area contributed by atoms with Crippen molar-refractivity contribution in [3.05, 3.63) is 45.0 Å². The first kappa shape index (κ1) is 16.6. The van der Waals surface area contributed by atoms with Crippen molar-refractivity contribution < 1.29 is 14.3 Å². The average molecular weight is 322 g/mol. The Bertz CT molecular complexity index is 658. The van der Waals surface area contributed by atoms with Crippen LogP contribution in [0.4, 0.5) is 4.79 Å². The molecule has 0 aliphatic rings. The molecule has 5 nitrogen and oxygen atoms in total. The van der Waals surface area contributed by atoms with Crippen molar-refractivity contribution >= 4 is 17.4 Å². The molecule has 0 fully saturated rings. The number of furan rings is 1. The van der Waals surface area contributed by atoms with E-state index in [0.29, 0.717) is 17.9 Å². The molecule has 1 atom stereocenters. The largest absolute Gasteiger partial charge is 0.466 e. The average Bonchev–Trinajstić information content (AvgIpc) is 3.00. The molecule has 22 heavy (non-hydrogen) atoms. The van der Waals surface area contributed by atoms with E-state index in [9.17, 15) is 9.90 Å². The van der Waals surface area contributed by atoms with Gasteiger partial charge in [-0.1, -0.05) is 0 Å². The Morgan fingerprint density at radius 2 is 2.09 bits per heavy atom. The molecule has 3 N–H and O–H groups in total. The molecular weight excluding hydrogens is 300 g/mol. The van der Waals surface area contributed by atoms with Gasteiger partial charge in [0.1, 0.15) is 17.1 Å². The zero-order chi connectivity index (χ0) is 16.3. The van der Waals surface area contributed by atoms with Crippen molar-refractivity contribution in [2.45, 2.75) is 39.8 Å². The summed E-state index contributed by atoms with van der Waals surface area (Å²) in [5, 5.41) is 18.0. The molecule has 120 valence electrons. The van der Waals surface area contributed by atoms with Crippen LogP contribution in [0.5, 0.6) is 0 Å². The molecule has 0 aromatic carbocycles.